The molecule has 0 heterocycles. The lowest BCUT2D eigenvalue weighted by Crippen LogP contribution is -2.04. The first-order chi connectivity index (χ1) is 10.1. The minimum Gasteiger partial charge on any atom is -0.478 e. The van der Waals surface area contributed by atoms with Crippen molar-refractivity contribution < 1.29 is 9.90 Å². The maximum absolute atomic E-state index is 11.5. The van der Waals surface area contributed by atoms with Crippen LogP contribution in [0.5, 0.6) is 0 Å². The van der Waals surface area contributed by atoms with E-state index < -0.39 is 5.97 Å². The minimum atomic E-state index is -0.968. The Labute approximate surface area is 122 Å². The second-order valence-corrected chi connectivity index (χ2v) is 5.05. The lowest BCUT2D eigenvalue weighted by Gasteiger charge is -2.14. The molecule has 0 aliphatic carbocycles. The van der Waals surface area contributed by atoms with Crippen molar-refractivity contribution >= 4 is 22.4 Å². The van der Waals surface area contributed by atoms with Gasteiger partial charge in [-0.3, -0.25) is 0 Å². The van der Waals surface area contributed by atoms with Crippen LogP contribution in [0.3, 0.4) is 0 Å². The molecule has 3 nitrogen and oxygen atoms in total. The number of aromatic carboxylic acids is 1. The molecular weight excluding hydrogens is 262 g/mol. The van der Waals surface area contributed by atoms with Crippen molar-refractivity contribution in [1.29, 1.82) is 0 Å². The Hall–Kier alpha value is -2.81. The molecule has 0 atom stereocenters. The number of rotatable bonds is 2. The Morgan fingerprint density at radius 3 is 2.48 bits per heavy atom. The minimum absolute atomic E-state index is 0.231. The van der Waals surface area contributed by atoms with E-state index >= 15 is 0 Å². The van der Waals surface area contributed by atoms with E-state index in [2.05, 4.69) is 0 Å². The molecule has 0 saturated heterocycles. The highest BCUT2D eigenvalue weighted by Gasteiger charge is 2.17. The molecule has 21 heavy (non-hydrogen) atoms. The second-order valence-electron chi connectivity index (χ2n) is 5.05. The summed E-state index contributed by atoms with van der Waals surface area (Å²) in [5.41, 5.74) is 9.26. The molecule has 0 aliphatic rings. The number of hydrogen-bond donors (Lipinski definition) is 2. The summed E-state index contributed by atoms with van der Waals surface area (Å²) in [6.07, 6.45) is 0. The Morgan fingerprint density at radius 2 is 1.71 bits per heavy atom. The predicted octanol–water partition coefficient (Wildman–Crippen LogP) is 4.10. The quantitative estimate of drug-likeness (QED) is 0.693. The van der Waals surface area contributed by atoms with E-state index in [1.165, 1.54) is 0 Å². The normalized spacial score (nSPS) is 10.7. The topological polar surface area (TPSA) is 63.3 Å². The fourth-order valence-electron chi connectivity index (χ4n) is 2.64. The van der Waals surface area contributed by atoms with Crippen molar-refractivity contribution in [3.05, 3.63) is 65.7 Å². The zero-order valence-corrected chi connectivity index (χ0v) is 11.6. The first-order valence-electron chi connectivity index (χ1n) is 6.70. The SMILES string of the molecule is Cc1ccc(C(=O)O)c(-c2cccc3ccccc23)c1N. The molecule has 3 N–H and O–H groups in total. The van der Waals surface area contributed by atoms with Gasteiger partial charge in [0, 0.05) is 11.3 Å². The molecule has 0 fully saturated rings. The first kappa shape index (κ1) is 13.2. The van der Waals surface area contributed by atoms with Crippen molar-refractivity contribution in [2.75, 3.05) is 5.73 Å². The zero-order chi connectivity index (χ0) is 15.0. The van der Waals surface area contributed by atoms with Crippen LogP contribution in [0.2, 0.25) is 0 Å². The van der Waals surface area contributed by atoms with Crippen LogP contribution >= 0.6 is 0 Å². The predicted molar refractivity (Wildman–Crippen MR) is 85.5 cm³/mol. The number of anilines is 1. The molecule has 0 saturated carbocycles. The van der Waals surface area contributed by atoms with Crippen molar-refractivity contribution in [3.8, 4) is 11.1 Å². The van der Waals surface area contributed by atoms with Crippen molar-refractivity contribution in [1.82, 2.24) is 0 Å². The van der Waals surface area contributed by atoms with Gasteiger partial charge in [0.05, 0.1) is 5.56 Å². The molecule has 0 bridgehead atoms. The van der Waals surface area contributed by atoms with Gasteiger partial charge in [-0.05, 0) is 34.9 Å². The van der Waals surface area contributed by atoms with Gasteiger partial charge in [0.2, 0.25) is 0 Å². The van der Waals surface area contributed by atoms with E-state index in [0.717, 1.165) is 21.9 Å². The van der Waals surface area contributed by atoms with Gasteiger partial charge in [0.25, 0.3) is 0 Å². The van der Waals surface area contributed by atoms with Crippen LogP contribution in [-0.2, 0) is 0 Å². The third kappa shape index (κ3) is 2.13. The maximum atomic E-state index is 11.5. The highest BCUT2D eigenvalue weighted by molar-refractivity contribution is 6.07. The van der Waals surface area contributed by atoms with E-state index in [1.807, 2.05) is 49.4 Å². The number of hydrogen-bond acceptors (Lipinski definition) is 2. The maximum Gasteiger partial charge on any atom is 0.336 e. The highest BCUT2D eigenvalue weighted by atomic mass is 16.4. The molecule has 104 valence electrons. The second kappa shape index (κ2) is 4.94. The van der Waals surface area contributed by atoms with Crippen molar-refractivity contribution in [2.24, 2.45) is 0 Å². The van der Waals surface area contributed by atoms with Crippen LogP contribution in [0.15, 0.2) is 54.6 Å². The number of fused-ring (bicyclic) bond motifs is 1. The van der Waals surface area contributed by atoms with Crippen LogP contribution in [0.25, 0.3) is 21.9 Å². The van der Waals surface area contributed by atoms with Gasteiger partial charge in [0.1, 0.15) is 0 Å². The van der Waals surface area contributed by atoms with Crippen molar-refractivity contribution in [3.63, 3.8) is 0 Å². The summed E-state index contributed by atoms with van der Waals surface area (Å²) < 4.78 is 0. The number of carboxylic acids is 1. The van der Waals surface area contributed by atoms with Gasteiger partial charge in [-0.25, -0.2) is 4.79 Å². The Balaban J connectivity index is 2.43. The van der Waals surface area contributed by atoms with Crippen LogP contribution in [0.4, 0.5) is 5.69 Å². The van der Waals surface area contributed by atoms with Crippen molar-refractivity contribution in [2.45, 2.75) is 6.92 Å². The Bertz CT molecular complexity index is 848. The summed E-state index contributed by atoms with van der Waals surface area (Å²) >= 11 is 0. The molecular formula is C18H15NO2. The van der Waals surface area contributed by atoms with Gasteiger partial charge in [-0.1, -0.05) is 48.5 Å². The molecule has 0 spiro atoms. The third-order valence-electron chi connectivity index (χ3n) is 3.75. The number of carboxylic acid groups (broad SMARTS) is 1. The molecule has 0 amide bonds. The van der Waals surface area contributed by atoms with E-state index in [-0.39, 0.29) is 5.56 Å². The fourth-order valence-corrected chi connectivity index (χ4v) is 2.64. The average molecular weight is 277 g/mol. The van der Waals surface area contributed by atoms with Crippen LogP contribution in [0.1, 0.15) is 15.9 Å². The highest BCUT2D eigenvalue weighted by Crippen LogP contribution is 2.36. The summed E-state index contributed by atoms with van der Waals surface area (Å²) in [6.45, 7) is 1.88. The standard InChI is InChI=1S/C18H15NO2/c1-11-9-10-15(18(20)21)16(17(11)19)14-8-4-6-12-5-2-3-7-13(12)14/h2-10H,19H2,1H3,(H,20,21). The van der Waals surface area contributed by atoms with Crippen LogP contribution in [-0.4, -0.2) is 11.1 Å². The van der Waals surface area contributed by atoms with E-state index in [0.29, 0.717) is 11.3 Å². The van der Waals surface area contributed by atoms with Gasteiger partial charge in [-0.15, -0.1) is 0 Å². The lowest BCUT2D eigenvalue weighted by atomic mass is 9.91. The number of nitrogen functional groups attached to an aromatic ring is 1. The summed E-state index contributed by atoms with van der Waals surface area (Å²) in [4.78, 5) is 11.5. The Morgan fingerprint density at radius 1 is 1.00 bits per heavy atom. The fraction of sp³-hybridized carbons (Fsp3) is 0.0556. The van der Waals surface area contributed by atoms with E-state index in [9.17, 15) is 9.90 Å². The largest absolute Gasteiger partial charge is 0.478 e. The van der Waals surface area contributed by atoms with Crippen LogP contribution < -0.4 is 5.73 Å². The van der Waals surface area contributed by atoms with Gasteiger partial charge >= 0.3 is 5.97 Å². The Kier molecular flexibility index (Phi) is 3.10. The molecule has 0 aromatic heterocycles. The van der Waals surface area contributed by atoms with E-state index in [4.69, 9.17) is 5.73 Å². The molecule has 3 aromatic carbocycles. The lowest BCUT2D eigenvalue weighted by molar-refractivity contribution is 0.0698. The third-order valence-corrected chi connectivity index (χ3v) is 3.75. The van der Waals surface area contributed by atoms with E-state index in [1.54, 1.807) is 12.1 Å². The smallest absolute Gasteiger partial charge is 0.336 e. The number of aryl methyl sites for hydroxylation is 1. The molecule has 0 radical (unpaired) electrons. The van der Waals surface area contributed by atoms with Crippen LogP contribution in [0, 0.1) is 6.92 Å². The molecule has 0 aliphatic heterocycles. The molecule has 0 unspecified atom stereocenters. The van der Waals surface area contributed by atoms with Gasteiger partial charge in [0.15, 0.2) is 0 Å². The average Bonchev–Trinajstić information content (AvgIpc) is 2.49. The summed E-state index contributed by atoms with van der Waals surface area (Å²) in [6, 6.07) is 17.1. The summed E-state index contributed by atoms with van der Waals surface area (Å²) in [7, 11) is 0. The summed E-state index contributed by atoms with van der Waals surface area (Å²) in [5.74, 6) is -0.968. The number of carbonyl (C=O) groups is 1. The first-order valence-corrected chi connectivity index (χ1v) is 6.70. The number of benzene rings is 3. The number of nitrogens with two attached hydrogens (primary N) is 1. The van der Waals surface area contributed by atoms with Gasteiger partial charge < -0.3 is 10.8 Å². The zero-order valence-electron chi connectivity index (χ0n) is 11.6. The summed E-state index contributed by atoms with van der Waals surface area (Å²) in [5, 5.41) is 11.5. The monoisotopic (exact) mass is 277 g/mol. The van der Waals surface area contributed by atoms with Gasteiger partial charge in [-0.2, -0.15) is 0 Å². The molecule has 3 aromatic rings. The molecule has 3 rings (SSSR count). The molecule has 3 heteroatoms.